The van der Waals surface area contributed by atoms with E-state index in [-0.39, 0.29) is 7.34 Å². The van der Waals surface area contributed by atoms with Gasteiger partial charge in [-0.05, 0) is 30.8 Å². The maximum atomic E-state index is 12.6. The van der Waals surface area contributed by atoms with E-state index >= 15 is 0 Å². The Morgan fingerprint density at radius 2 is 1.90 bits per heavy atom. The molecule has 0 aliphatic carbocycles. The Labute approximate surface area is 121 Å². The van der Waals surface area contributed by atoms with Gasteiger partial charge in [0.25, 0.3) is 0 Å². The highest BCUT2D eigenvalue weighted by Gasteiger charge is 2.31. The van der Waals surface area contributed by atoms with Gasteiger partial charge in [-0.2, -0.15) is 18.3 Å². The van der Waals surface area contributed by atoms with Crippen LogP contribution in [0.2, 0.25) is 0 Å². The van der Waals surface area contributed by atoms with Crippen molar-refractivity contribution in [1.82, 2.24) is 9.78 Å². The second-order valence-corrected chi connectivity index (χ2v) is 5.13. The molecule has 1 aromatic carbocycles. The molecule has 1 aliphatic rings. The largest absolute Gasteiger partial charge is 0.416 e. The first-order valence-corrected chi connectivity index (χ1v) is 6.65. The Balaban J connectivity index is 0.00000176. The maximum absolute atomic E-state index is 12.6. The lowest BCUT2D eigenvalue weighted by Gasteiger charge is -2.34. The van der Waals surface area contributed by atoms with Crippen LogP contribution in [0.1, 0.15) is 6.99 Å². The molecule has 1 aromatic heterocycles. The highest BCUT2D eigenvalue weighted by Crippen LogP contribution is 2.34. The maximum Gasteiger partial charge on any atom is 0.416 e. The summed E-state index contributed by atoms with van der Waals surface area (Å²) in [6.45, 7) is 1.92. The molecule has 1 aliphatic heterocycles. The summed E-state index contributed by atoms with van der Waals surface area (Å²) in [5, 5.41) is 4.23. The molecule has 0 saturated heterocycles. The van der Waals surface area contributed by atoms with Crippen LogP contribution in [0, 0.1) is 5.92 Å². The van der Waals surface area contributed by atoms with Crippen LogP contribution in [0.5, 0.6) is 0 Å². The molecular weight excluding hydrogens is 281 g/mol. The summed E-state index contributed by atoms with van der Waals surface area (Å²) >= 11 is 0. The summed E-state index contributed by atoms with van der Waals surface area (Å²) in [6.07, 6.45) is -2.63. The average Bonchev–Trinajstić information content (AvgIpc) is 2.93. The van der Waals surface area contributed by atoms with E-state index in [2.05, 4.69) is 5.10 Å². The van der Waals surface area contributed by atoms with E-state index in [1.807, 2.05) is 15.6 Å². The van der Waals surface area contributed by atoms with Crippen LogP contribution in [-0.2, 0) is 12.7 Å². The highest BCUT2D eigenvalue weighted by atomic mass is 19.4. The van der Waals surface area contributed by atoms with Crippen LogP contribution in [0.15, 0.2) is 36.5 Å². The molecule has 4 nitrogen and oxygen atoms in total. The number of nitrogens with two attached hydrogens (primary N) is 1. The Hall–Kier alpha value is -2.02. The molecule has 2 N–H and O–H groups in total. The number of halogens is 3. The van der Waals surface area contributed by atoms with E-state index in [0.717, 1.165) is 24.5 Å². The van der Waals surface area contributed by atoms with Crippen molar-refractivity contribution >= 4 is 11.5 Å². The first kappa shape index (κ1) is 13.9. The second-order valence-electron chi connectivity index (χ2n) is 5.13. The summed E-state index contributed by atoms with van der Waals surface area (Å²) in [5.41, 5.74) is 5.80. The average molecular weight is 298 g/mol. The van der Waals surface area contributed by atoms with Gasteiger partial charge in [-0.15, -0.1) is 0 Å². The lowest BCUT2D eigenvalue weighted by atomic mass is 10.1. The molecule has 0 fully saturated rings. The molecule has 7 heteroatoms. The van der Waals surface area contributed by atoms with Crippen LogP contribution >= 0.6 is 0 Å². The summed E-state index contributed by atoms with van der Waals surface area (Å²) in [6, 6.07) is 7.02. The zero-order valence-corrected chi connectivity index (χ0v) is 11.2. The molecule has 0 bridgehead atoms. The third-order valence-electron chi connectivity index (χ3n) is 3.68. The zero-order chi connectivity index (χ0) is 15.0. The lowest BCUT2D eigenvalue weighted by Crippen LogP contribution is -2.38. The van der Waals surface area contributed by atoms with Gasteiger partial charge in [0, 0.05) is 32.2 Å². The Kier molecular flexibility index (Phi) is 3.36. The zero-order valence-electron chi connectivity index (χ0n) is 11.2. The molecule has 0 radical (unpaired) electrons. The van der Waals surface area contributed by atoms with E-state index < -0.39 is 11.7 Å². The van der Waals surface area contributed by atoms with Crippen LogP contribution < -0.4 is 10.6 Å². The van der Waals surface area contributed by atoms with Crippen LogP contribution in [0.4, 0.5) is 24.7 Å². The van der Waals surface area contributed by atoms with Gasteiger partial charge >= 0.3 is 6.18 Å². The van der Waals surface area contributed by atoms with Crippen LogP contribution in [-0.4, -0.2) is 22.9 Å². The van der Waals surface area contributed by atoms with E-state index in [1.165, 1.54) is 12.1 Å². The summed E-state index contributed by atoms with van der Waals surface area (Å²) < 4.78 is 39.7. The smallest absolute Gasteiger partial charge is 0.330 e. The molecule has 0 spiro atoms. The molecule has 1 atom stereocenters. The van der Waals surface area contributed by atoms with Crippen molar-refractivity contribution in [1.29, 1.82) is 0 Å². The number of hydrogen-bond acceptors (Lipinski definition) is 3. The quantitative estimate of drug-likeness (QED) is 0.927. The van der Waals surface area contributed by atoms with Crippen molar-refractivity contribution in [2.24, 2.45) is 11.7 Å². The van der Waals surface area contributed by atoms with Gasteiger partial charge in [0.05, 0.1) is 11.8 Å². The Morgan fingerprint density at radius 3 is 2.52 bits per heavy atom. The summed E-state index contributed by atoms with van der Waals surface area (Å²) in [4.78, 5) is 1.95. The lowest BCUT2D eigenvalue weighted by molar-refractivity contribution is -0.137. The molecule has 114 valence electrons. The molecule has 3 rings (SSSR count). The number of hydrogen-bond donors (Lipinski definition) is 1. The molecule has 21 heavy (non-hydrogen) atoms. The van der Waals surface area contributed by atoms with Gasteiger partial charge in [0.2, 0.25) is 0 Å². The number of anilines is 2. The van der Waals surface area contributed by atoms with Crippen molar-refractivity contribution in [2.75, 3.05) is 18.0 Å². The van der Waals surface area contributed by atoms with Crippen molar-refractivity contribution in [3.63, 3.8) is 0 Å². The number of nitrogens with zero attached hydrogens (tertiary/aromatic N) is 3. The van der Waals surface area contributed by atoms with Gasteiger partial charge in [0.1, 0.15) is 5.82 Å². The summed E-state index contributed by atoms with van der Waals surface area (Å²) in [5.74, 6) is 1.10. The first-order valence-electron chi connectivity index (χ1n) is 6.65. The standard InChI is InChI=1S/C14H15F3N4.H2/c15-14(16,17)11-1-3-12(4-2-11)20-8-10(7-18)9-21-13(20)5-6-19-21;/h1-6,10H,7-9,18H2;1H. The number of aromatic nitrogens is 2. The third kappa shape index (κ3) is 2.61. The van der Waals surface area contributed by atoms with Gasteiger partial charge in [-0.1, -0.05) is 0 Å². The minimum atomic E-state index is -4.32. The minimum Gasteiger partial charge on any atom is -0.330 e. The summed E-state index contributed by atoms with van der Waals surface area (Å²) in [7, 11) is 0. The van der Waals surface area contributed by atoms with Crippen LogP contribution in [0.25, 0.3) is 0 Å². The normalized spacial score (nSPS) is 18.7. The number of alkyl halides is 3. The van der Waals surface area contributed by atoms with E-state index in [4.69, 9.17) is 5.73 Å². The van der Waals surface area contributed by atoms with Crippen molar-refractivity contribution in [3.05, 3.63) is 42.1 Å². The van der Waals surface area contributed by atoms with E-state index in [9.17, 15) is 13.2 Å². The van der Waals surface area contributed by atoms with Crippen LogP contribution in [0.3, 0.4) is 0 Å². The SMILES string of the molecule is NCC1CN(c2ccc(C(F)(F)F)cc2)c2ccnn2C1.[HH]. The molecule has 0 saturated carbocycles. The number of rotatable bonds is 2. The molecule has 0 amide bonds. The second kappa shape index (κ2) is 5.07. The van der Waals surface area contributed by atoms with Crippen molar-refractivity contribution in [3.8, 4) is 0 Å². The Morgan fingerprint density at radius 1 is 1.19 bits per heavy atom. The highest BCUT2D eigenvalue weighted by molar-refractivity contribution is 5.61. The topological polar surface area (TPSA) is 47.1 Å². The number of benzene rings is 1. The molecule has 1 unspecified atom stereocenters. The fourth-order valence-electron chi connectivity index (χ4n) is 2.57. The minimum absolute atomic E-state index is 0. The Bertz CT molecular complexity index is 624. The van der Waals surface area contributed by atoms with Gasteiger partial charge in [0.15, 0.2) is 0 Å². The van der Waals surface area contributed by atoms with Gasteiger partial charge in [-0.25, -0.2) is 4.68 Å². The molecule has 2 heterocycles. The fourth-order valence-corrected chi connectivity index (χ4v) is 2.57. The fraction of sp³-hybridized carbons (Fsp3) is 0.357. The molecule has 2 aromatic rings. The van der Waals surface area contributed by atoms with E-state index in [1.54, 1.807) is 6.20 Å². The predicted molar refractivity (Wildman–Crippen MR) is 75.3 cm³/mol. The van der Waals surface area contributed by atoms with Crippen molar-refractivity contribution < 1.29 is 14.6 Å². The molecular formula is C14H17F3N4. The predicted octanol–water partition coefficient (Wildman–Crippen LogP) is 2.87. The van der Waals surface area contributed by atoms with Gasteiger partial charge < -0.3 is 10.6 Å². The number of fused-ring (bicyclic) bond motifs is 1. The first-order chi connectivity index (χ1) is 9.99. The third-order valence-corrected chi connectivity index (χ3v) is 3.68. The van der Waals surface area contributed by atoms with E-state index in [0.29, 0.717) is 18.8 Å². The van der Waals surface area contributed by atoms with Crippen molar-refractivity contribution in [2.45, 2.75) is 12.7 Å². The van der Waals surface area contributed by atoms with Gasteiger partial charge in [-0.3, -0.25) is 0 Å². The monoisotopic (exact) mass is 298 g/mol.